The number of sulfonamides is 1. The number of morpholine rings is 1. The van der Waals surface area contributed by atoms with Crippen LogP contribution in [0.15, 0.2) is 77.2 Å². The van der Waals surface area contributed by atoms with Crippen LogP contribution in [0.3, 0.4) is 0 Å². The molecule has 1 saturated heterocycles. The van der Waals surface area contributed by atoms with E-state index < -0.39 is 21.7 Å². The van der Waals surface area contributed by atoms with Crippen LogP contribution in [0.1, 0.15) is 10.4 Å². The summed E-state index contributed by atoms with van der Waals surface area (Å²) in [6.07, 6.45) is 1.11. The molecule has 3 aromatic heterocycles. The minimum atomic E-state index is -3.75. The number of hydrogen-bond acceptors (Lipinski definition) is 8. The van der Waals surface area contributed by atoms with Crippen molar-refractivity contribution in [3.05, 3.63) is 84.2 Å². The number of amides is 1. The molecule has 240 valence electrons. The molecule has 13 heteroatoms. The Kier molecular flexibility index (Phi) is 7.65. The van der Waals surface area contributed by atoms with E-state index in [4.69, 9.17) is 19.1 Å². The van der Waals surface area contributed by atoms with Gasteiger partial charge in [-0.25, -0.2) is 22.8 Å². The number of hydrogen-bond donors (Lipinski definition) is 2. The minimum absolute atomic E-state index is 0.222. The second-order valence-electron chi connectivity index (χ2n) is 11.3. The topological polar surface area (TPSA) is 134 Å². The Bertz CT molecular complexity index is 2230. The van der Waals surface area contributed by atoms with Crippen LogP contribution in [0.2, 0.25) is 0 Å². The van der Waals surface area contributed by atoms with E-state index in [-0.39, 0.29) is 22.6 Å². The molecule has 1 aliphatic heterocycles. The van der Waals surface area contributed by atoms with Crippen molar-refractivity contribution >= 4 is 49.4 Å². The van der Waals surface area contributed by atoms with Gasteiger partial charge in [-0.05, 0) is 48.5 Å². The molecule has 2 N–H and O–H groups in total. The van der Waals surface area contributed by atoms with E-state index in [2.05, 4.69) is 10.3 Å². The molecule has 1 amide bonds. The third-order valence-corrected chi connectivity index (χ3v) is 9.49. The number of H-pyrrole nitrogens is 1. The number of aromatic amines is 1. The first-order chi connectivity index (χ1) is 22.6. The number of rotatable bonds is 7. The van der Waals surface area contributed by atoms with Crippen LogP contribution in [0.25, 0.3) is 55.8 Å². The molecule has 0 bridgehead atoms. The highest BCUT2D eigenvalue weighted by Crippen LogP contribution is 2.42. The van der Waals surface area contributed by atoms with E-state index in [1.807, 2.05) is 35.2 Å². The normalized spacial score (nSPS) is 13.7. The minimum Gasteiger partial charge on any atom is -0.455 e. The van der Waals surface area contributed by atoms with Crippen LogP contribution in [-0.4, -0.2) is 75.9 Å². The highest BCUT2D eigenvalue weighted by Gasteiger charge is 2.27. The van der Waals surface area contributed by atoms with Crippen molar-refractivity contribution in [2.75, 3.05) is 55.9 Å². The lowest BCUT2D eigenvalue weighted by atomic mass is 10.0. The average molecular weight is 655 g/mol. The molecule has 47 heavy (non-hydrogen) atoms. The highest BCUT2D eigenvalue weighted by atomic mass is 32.2. The molecule has 0 unspecified atom stereocenters. The van der Waals surface area contributed by atoms with Crippen molar-refractivity contribution in [1.29, 1.82) is 0 Å². The van der Waals surface area contributed by atoms with E-state index in [0.29, 0.717) is 60.2 Å². The fraction of sp³-hybridized carbons (Fsp3) is 0.206. The maximum absolute atomic E-state index is 13.8. The van der Waals surface area contributed by atoms with Crippen molar-refractivity contribution in [2.45, 2.75) is 0 Å². The monoisotopic (exact) mass is 654 g/mol. The van der Waals surface area contributed by atoms with Gasteiger partial charge >= 0.3 is 0 Å². The lowest BCUT2D eigenvalue weighted by molar-refractivity contribution is 0.0964. The maximum atomic E-state index is 13.8. The molecule has 4 heterocycles. The number of para-hydroxylation sites is 1. The zero-order valence-electron chi connectivity index (χ0n) is 25.9. The van der Waals surface area contributed by atoms with Crippen LogP contribution >= 0.6 is 0 Å². The first kappa shape index (κ1) is 30.4. The number of furan rings is 1. The van der Waals surface area contributed by atoms with Crippen molar-refractivity contribution in [3.8, 4) is 34.0 Å². The SMILES string of the molecule is CNC(=O)c1c(-c2ccc(F)cc2)oc2cc(N(C)S(C)(=O)=O)c(-c3cc(-c4cc5ccccc5[nH]4)nc(N4CCOCC4)n3)cc12. The summed E-state index contributed by atoms with van der Waals surface area (Å²) in [7, 11) is -0.794. The first-order valence-corrected chi connectivity index (χ1v) is 16.8. The van der Waals surface area contributed by atoms with Crippen molar-refractivity contribution in [2.24, 2.45) is 0 Å². The van der Waals surface area contributed by atoms with Crippen LogP contribution in [0, 0.1) is 5.82 Å². The number of fused-ring (bicyclic) bond motifs is 2. The molecular formula is C34H31FN6O5S. The number of carbonyl (C=O) groups excluding carboxylic acids is 1. The van der Waals surface area contributed by atoms with Gasteiger partial charge in [-0.1, -0.05) is 18.2 Å². The molecule has 1 fully saturated rings. The summed E-state index contributed by atoms with van der Waals surface area (Å²) >= 11 is 0. The van der Waals surface area contributed by atoms with Gasteiger partial charge in [0.25, 0.3) is 5.91 Å². The van der Waals surface area contributed by atoms with E-state index in [1.165, 1.54) is 38.4 Å². The number of halogens is 1. The number of carbonyl (C=O) groups is 1. The van der Waals surface area contributed by atoms with Gasteiger partial charge in [-0.2, -0.15) is 0 Å². The van der Waals surface area contributed by atoms with Crippen molar-refractivity contribution in [1.82, 2.24) is 20.3 Å². The zero-order chi connectivity index (χ0) is 32.9. The Morgan fingerprint density at radius 2 is 1.72 bits per heavy atom. The quantitative estimate of drug-likeness (QED) is 0.233. The number of ether oxygens (including phenoxy) is 1. The van der Waals surface area contributed by atoms with Gasteiger partial charge in [-0.3, -0.25) is 9.10 Å². The van der Waals surface area contributed by atoms with Gasteiger partial charge in [0.15, 0.2) is 0 Å². The van der Waals surface area contributed by atoms with Gasteiger partial charge in [0.05, 0.1) is 47.8 Å². The molecule has 11 nitrogen and oxygen atoms in total. The molecule has 0 aliphatic carbocycles. The lowest BCUT2D eigenvalue weighted by Gasteiger charge is -2.27. The molecule has 0 atom stereocenters. The van der Waals surface area contributed by atoms with Gasteiger partial charge < -0.3 is 24.4 Å². The van der Waals surface area contributed by atoms with Crippen molar-refractivity contribution < 1.29 is 26.8 Å². The number of nitrogens with one attached hydrogen (secondary N) is 2. The Balaban J connectivity index is 1.51. The summed E-state index contributed by atoms with van der Waals surface area (Å²) in [5, 5.41) is 4.11. The van der Waals surface area contributed by atoms with Gasteiger partial charge in [0.1, 0.15) is 17.2 Å². The fourth-order valence-electron chi connectivity index (χ4n) is 5.76. The standard InChI is InChI=1S/C34H31FN6O5S/c1-36-33(42)31-24-17-23(29(40(2)47(3,43)44)19-30(24)46-32(31)20-8-10-22(35)11-9-20)26-18-28(27-16-21-6-4-5-7-25(21)37-27)39-34(38-26)41-12-14-45-15-13-41/h4-11,16-19,37H,12-15H2,1-3H3,(H,36,42). The number of anilines is 2. The van der Waals surface area contributed by atoms with Crippen LogP contribution < -0.4 is 14.5 Å². The van der Waals surface area contributed by atoms with E-state index >= 15 is 0 Å². The molecule has 0 spiro atoms. The fourth-order valence-corrected chi connectivity index (χ4v) is 6.27. The molecule has 0 saturated carbocycles. The summed E-state index contributed by atoms with van der Waals surface area (Å²) in [4.78, 5) is 28.7. The Hall–Kier alpha value is -5.27. The number of nitrogens with zero attached hydrogens (tertiary/aromatic N) is 4. The Morgan fingerprint density at radius 1 is 1.00 bits per heavy atom. The van der Waals surface area contributed by atoms with Gasteiger partial charge in [0.2, 0.25) is 16.0 Å². The third-order valence-electron chi connectivity index (χ3n) is 8.29. The molecule has 0 radical (unpaired) electrons. The third kappa shape index (κ3) is 5.68. The van der Waals surface area contributed by atoms with Gasteiger partial charge in [-0.15, -0.1) is 0 Å². The highest BCUT2D eigenvalue weighted by molar-refractivity contribution is 7.92. The van der Waals surface area contributed by atoms with E-state index in [0.717, 1.165) is 27.2 Å². The predicted octanol–water partition coefficient (Wildman–Crippen LogP) is 5.44. The second-order valence-corrected chi connectivity index (χ2v) is 13.3. The largest absolute Gasteiger partial charge is 0.455 e. The summed E-state index contributed by atoms with van der Waals surface area (Å²) in [6.45, 7) is 2.18. The first-order valence-electron chi connectivity index (χ1n) is 14.9. The molecular weight excluding hydrogens is 623 g/mol. The summed E-state index contributed by atoms with van der Waals surface area (Å²) in [5.41, 5.74) is 4.46. The molecule has 7 rings (SSSR count). The summed E-state index contributed by atoms with van der Waals surface area (Å²) < 4.78 is 52.7. The summed E-state index contributed by atoms with van der Waals surface area (Å²) in [6, 6.07) is 20.6. The molecule has 3 aromatic carbocycles. The summed E-state index contributed by atoms with van der Waals surface area (Å²) in [5.74, 6) is -0.178. The maximum Gasteiger partial charge on any atom is 0.255 e. The smallest absolute Gasteiger partial charge is 0.255 e. The van der Waals surface area contributed by atoms with Crippen LogP contribution in [0.5, 0.6) is 0 Å². The molecule has 1 aliphatic rings. The van der Waals surface area contributed by atoms with Crippen LogP contribution in [-0.2, 0) is 14.8 Å². The Morgan fingerprint density at radius 3 is 2.43 bits per heavy atom. The predicted molar refractivity (Wildman–Crippen MR) is 180 cm³/mol. The van der Waals surface area contributed by atoms with Crippen molar-refractivity contribution in [3.63, 3.8) is 0 Å². The van der Waals surface area contributed by atoms with E-state index in [9.17, 15) is 17.6 Å². The van der Waals surface area contributed by atoms with Crippen LogP contribution in [0.4, 0.5) is 16.0 Å². The zero-order valence-corrected chi connectivity index (χ0v) is 26.7. The number of aromatic nitrogens is 3. The average Bonchev–Trinajstić information content (AvgIpc) is 3.69. The van der Waals surface area contributed by atoms with Gasteiger partial charge in [0, 0.05) is 60.7 Å². The molecule has 6 aromatic rings. The lowest BCUT2D eigenvalue weighted by Crippen LogP contribution is -2.37. The second kappa shape index (κ2) is 11.8. The Labute approximate surface area is 270 Å². The van der Waals surface area contributed by atoms with E-state index in [1.54, 1.807) is 18.2 Å². The number of benzene rings is 3.